The zero-order chi connectivity index (χ0) is 18.5. The lowest BCUT2D eigenvalue weighted by Crippen LogP contribution is -2.06. The standard InChI is InChI=1S/C21H17N3O3/c25-19(26-14-17-9-4-8-15-10-5-13-22-20(15)17)12-11-18-23-21(24-27-18)16-6-2-1-3-7-16/h1-10,13H,11-12,14H2. The van der Waals surface area contributed by atoms with Crippen molar-refractivity contribution in [2.24, 2.45) is 0 Å². The van der Waals surface area contributed by atoms with Crippen LogP contribution < -0.4 is 0 Å². The number of carbonyl (C=O) groups excluding carboxylic acids is 1. The average Bonchev–Trinajstić information content (AvgIpc) is 3.20. The molecule has 2 aromatic carbocycles. The molecule has 0 unspecified atom stereocenters. The van der Waals surface area contributed by atoms with Crippen molar-refractivity contribution >= 4 is 16.9 Å². The van der Waals surface area contributed by atoms with Crippen molar-refractivity contribution in [1.82, 2.24) is 15.1 Å². The van der Waals surface area contributed by atoms with Crippen molar-refractivity contribution in [3.8, 4) is 11.4 Å². The SMILES string of the molecule is O=C(CCc1nc(-c2ccccc2)no1)OCc1cccc2cccnc12. The Morgan fingerprint density at radius 2 is 1.85 bits per heavy atom. The highest BCUT2D eigenvalue weighted by Crippen LogP contribution is 2.18. The maximum absolute atomic E-state index is 12.1. The highest BCUT2D eigenvalue weighted by atomic mass is 16.5. The van der Waals surface area contributed by atoms with Gasteiger partial charge in [0.05, 0.1) is 11.9 Å². The van der Waals surface area contributed by atoms with E-state index in [1.165, 1.54) is 0 Å². The summed E-state index contributed by atoms with van der Waals surface area (Å²) in [5, 5.41) is 4.96. The van der Waals surface area contributed by atoms with Crippen molar-refractivity contribution < 1.29 is 14.1 Å². The predicted octanol–water partition coefficient (Wildman–Crippen LogP) is 3.96. The Labute approximate surface area is 155 Å². The minimum Gasteiger partial charge on any atom is -0.461 e. The number of hydrogen-bond acceptors (Lipinski definition) is 6. The molecule has 2 heterocycles. The Bertz CT molecular complexity index is 1060. The maximum atomic E-state index is 12.1. The van der Waals surface area contributed by atoms with Crippen LogP contribution in [0.15, 0.2) is 71.4 Å². The average molecular weight is 359 g/mol. The van der Waals surface area contributed by atoms with Crippen LogP contribution >= 0.6 is 0 Å². The summed E-state index contributed by atoms with van der Waals surface area (Å²) in [7, 11) is 0. The fourth-order valence-electron chi connectivity index (χ4n) is 2.78. The van der Waals surface area contributed by atoms with Crippen molar-refractivity contribution in [3.63, 3.8) is 0 Å². The van der Waals surface area contributed by atoms with E-state index in [9.17, 15) is 4.79 Å². The van der Waals surface area contributed by atoms with E-state index in [-0.39, 0.29) is 19.0 Å². The van der Waals surface area contributed by atoms with Crippen LogP contribution in [-0.4, -0.2) is 21.1 Å². The lowest BCUT2D eigenvalue weighted by atomic mass is 10.1. The molecule has 0 bridgehead atoms. The number of ether oxygens (including phenoxy) is 1. The molecule has 6 nitrogen and oxygen atoms in total. The van der Waals surface area contributed by atoms with E-state index in [2.05, 4.69) is 15.1 Å². The third kappa shape index (κ3) is 4.00. The first kappa shape index (κ1) is 16.9. The number of para-hydroxylation sites is 1. The molecule has 0 atom stereocenters. The molecule has 0 aliphatic carbocycles. The van der Waals surface area contributed by atoms with Gasteiger partial charge in [-0.1, -0.05) is 59.8 Å². The maximum Gasteiger partial charge on any atom is 0.306 e. The number of esters is 1. The molecule has 0 aliphatic rings. The molecule has 4 rings (SSSR count). The van der Waals surface area contributed by atoms with Crippen molar-refractivity contribution in [3.05, 3.63) is 78.3 Å². The molecule has 0 saturated heterocycles. The second-order valence-corrected chi connectivity index (χ2v) is 6.03. The Morgan fingerprint density at radius 3 is 2.74 bits per heavy atom. The van der Waals surface area contributed by atoms with E-state index in [0.29, 0.717) is 18.1 Å². The molecule has 134 valence electrons. The molecule has 4 aromatic rings. The molecule has 0 saturated carbocycles. The summed E-state index contributed by atoms with van der Waals surface area (Å²) in [6, 6.07) is 19.2. The first-order valence-corrected chi connectivity index (χ1v) is 8.66. The fraction of sp³-hybridized carbons (Fsp3) is 0.143. The van der Waals surface area contributed by atoms with E-state index >= 15 is 0 Å². The topological polar surface area (TPSA) is 78.1 Å². The molecule has 2 aromatic heterocycles. The quantitative estimate of drug-likeness (QED) is 0.485. The van der Waals surface area contributed by atoms with Gasteiger partial charge < -0.3 is 9.26 Å². The van der Waals surface area contributed by atoms with E-state index in [1.807, 2.05) is 60.7 Å². The third-order valence-corrected chi connectivity index (χ3v) is 4.15. The van der Waals surface area contributed by atoms with Gasteiger partial charge in [-0.3, -0.25) is 9.78 Å². The van der Waals surface area contributed by atoms with Crippen LogP contribution in [-0.2, 0) is 22.6 Å². The summed E-state index contributed by atoms with van der Waals surface area (Å²) >= 11 is 0. The van der Waals surface area contributed by atoms with Crippen molar-refractivity contribution in [2.45, 2.75) is 19.4 Å². The van der Waals surface area contributed by atoms with Crippen molar-refractivity contribution in [1.29, 1.82) is 0 Å². The third-order valence-electron chi connectivity index (χ3n) is 4.15. The van der Waals surface area contributed by atoms with Gasteiger partial charge in [-0.2, -0.15) is 4.98 Å². The monoisotopic (exact) mass is 359 g/mol. The summed E-state index contributed by atoms with van der Waals surface area (Å²) in [5.74, 6) is 0.612. The smallest absolute Gasteiger partial charge is 0.306 e. The number of fused-ring (bicyclic) bond motifs is 1. The minimum absolute atomic E-state index is 0.175. The van der Waals surface area contributed by atoms with Gasteiger partial charge in [-0.05, 0) is 6.07 Å². The first-order chi connectivity index (χ1) is 13.3. The highest BCUT2D eigenvalue weighted by molar-refractivity contribution is 5.81. The number of rotatable bonds is 6. The number of hydrogen-bond donors (Lipinski definition) is 0. The molecule has 0 radical (unpaired) electrons. The molecule has 0 N–H and O–H groups in total. The zero-order valence-electron chi connectivity index (χ0n) is 14.5. The van der Waals surface area contributed by atoms with Gasteiger partial charge in [0.1, 0.15) is 6.61 Å². The number of benzene rings is 2. The van der Waals surface area contributed by atoms with Crippen LogP contribution in [0.25, 0.3) is 22.3 Å². The van der Waals surface area contributed by atoms with Crippen LogP contribution in [0.4, 0.5) is 0 Å². The number of aryl methyl sites for hydroxylation is 1. The number of carbonyl (C=O) groups is 1. The number of nitrogens with zero attached hydrogens (tertiary/aromatic N) is 3. The zero-order valence-corrected chi connectivity index (χ0v) is 14.5. The Kier molecular flexibility index (Phi) is 4.87. The second kappa shape index (κ2) is 7.78. The van der Waals surface area contributed by atoms with Gasteiger partial charge in [0.25, 0.3) is 0 Å². The molecule has 27 heavy (non-hydrogen) atoms. The van der Waals surface area contributed by atoms with Crippen LogP contribution in [0, 0.1) is 0 Å². The Balaban J connectivity index is 1.33. The summed E-state index contributed by atoms with van der Waals surface area (Å²) in [5.41, 5.74) is 2.60. The van der Waals surface area contributed by atoms with Gasteiger partial charge in [0, 0.05) is 29.1 Å². The first-order valence-electron chi connectivity index (χ1n) is 8.66. The molecular weight excluding hydrogens is 342 g/mol. The summed E-state index contributed by atoms with van der Waals surface area (Å²) in [6.07, 6.45) is 2.24. The minimum atomic E-state index is -0.317. The highest BCUT2D eigenvalue weighted by Gasteiger charge is 2.12. The van der Waals surface area contributed by atoms with Gasteiger partial charge in [-0.25, -0.2) is 0 Å². The van der Waals surface area contributed by atoms with Crippen LogP contribution in [0.5, 0.6) is 0 Å². The van der Waals surface area contributed by atoms with E-state index in [0.717, 1.165) is 22.0 Å². The normalized spacial score (nSPS) is 10.8. The van der Waals surface area contributed by atoms with Gasteiger partial charge in [-0.15, -0.1) is 0 Å². The second-order valence-electron chi connectivity index (χ2n) is 6.03. The molecule has 0 spiro atoms. The van der Waals surface area contributed by atoms with E-state index < -0.39 is 0 Å². The largest absolute Gasteiger partial charge is 0.461 e. The Morgan fingerprint density at radius 1 is 1.00 bits per heavy atom. The van der Waals surface area contributed by atoms with E-state index in [4.69, 9.17) is 9.26 Å². The lowest BCUT2D eigenvalue weighted by molar-refractivity contribution is -0.144. The van der Waals surface area contributed by atoms with Crippen LogP contribution in [0.2, 0.25) is 0 Å². The summed E-state index contributed by atoms with van der Waals surface area (Å²) in [4.78, 5) is 20.7. The number of aromatic nitrogens is 3. The van der Waals surface area contributed by atoms with Crippen LogP contribution in [0.1, 0.15) is 17.9 Å². The molecule has 0 fully saturated rings. The number of pyridine rings is 1. The molecular formula is C21H17N3O3. The summed E-state index contributed by atoms with van der Waals surface area (Å²) in [6.45, 7) is 0.187. The lowest BCUT2D eigenvalue weighted by Gasteiger charge is -2.06. The van der Waals surface area contributed by atoms with Gasteiger partial charge in [0.15, 0.2) is 0 Å². The van der Waals surface area contributed by atoms with Gasteiger partial charge in [0.2, 0.25) is 11.7 Å². The van der Waals surface area contributed by atoms with Gasteiger partial charge >= 0.3 is 5.97 Å². The van der Waals surface area contributed by atoms with E-state index in [1.54, 1.807) is 6.20 Å². The van der Waals surface area contributed by atoms with Crippen molar-refractivity contribution in [2.75, 3.05) is 0 Å². The Hall–Kier alpha value is -3.54. The molecule has 0 aliphatic heterocycles. The predicted molar refractivity (Wildman–Crippen MR) is 99.6 cm³/mol. The molecule has 0 amide bonds. The molecule has 6 heteroatoms. The summed E-state index contributed by atoms with van der Waals surface area (Å²) < 4.78 is 10.6. The fourth-order valence-corrected chi connectivity index (χ4v) is 2.78. The van der Waals surface area contributed by atoms with Crippen LogP contribution in [0.3, 0.4) is 0 Å².